The van der Waals surface area contributed by atoms with Crippen LogP contribution < -0.4 is 0 Å². The summed E-state index contributed by atoms with van der Waals surface area (Å²) in [5.41, 5.74) is 2.01. The number of rotatable bonds is 4. The van der Waals surface area contributed by atoms with Crippen molar-refractivity contribution in [1.82, 2.24) is 34.5 Å². The van der Waals surface area contributed by atoms with E-state index in [0.717, 1.165) is 25.1 Å². The fourth-order valence-electron chi connectivity index (χ4n) is 2.96. The second kappa shape index (κ2) is 5.78. The third-order valence-corrected chi connectivity index (χ3v) is 4.19. The van der Waals surface area contributed by atoms with E-state index >= 15 is 0 Å². The molecule has 1 saturated heterocycles. The molecule has 1 aliphatic heterocycles. The van der Waals surface area contributed by atoms with Crippen molar-refractivity contribution in [2.45, 2.75) is 25.5 Å². The topological polar surface area (TPSA) is 96.2 Å². The van der Waals surface area contributed by atoms with Crippen LogP contribution in [0.15, 0.2) is 41.3 Å². The molecule has 126 valence electrons. The first kappa shape index (κ1) is 14.3. The first-order valence-electron chi connectivity index (χ1n) is 8.15. The van der Waals surface area contributed by atoms with Crippen molar-refractivity contribution in [3.63, 3.8) is 0 Å². The second-order valence-electron chi connectivity index (χ2n) is 5.98. The predicted molar refractivity (Wildman–Crippen MR) is 86.5 cm³/mol. The number of pyridine rings is 1. The highest BCUT2D eigenvalue weighted by atomic mass is 16.5. The molecule has 0 aliphatic carbocycles. The molecule has 1 fully saturated rings. The van der Waals surface area contributed by atoms with E-state index in [9.17, 15) is 0 Å². The molecule has 0 saturated carbocycles. The monoisotopic (exact) mass is 337 g/mol. The average molecular weight is 337 g/mol. The Balaban J connectivity index is 1.39. The lowest BCUT2D eigenvalue weighted by Gasteiger charge is -2.07. The van der Waals surface area contributed by atoms with Gasteiger partial charge in [-0.3, -0.25) is 0 Å². The van der Waals surface area contributed by atoms with Crippen LogP contribution in [-0.2, 0) is 11.3 Å². The van der Waals surface area contributed by atoms with E-state index < -0.39 is 0 Å². The Hall–Kier alpha value is -3.07. The zero-order valence-corrected chi connectivity index (χ0v) is 13.3. The van der Waals surface area contributed by atoms with Crippen LogP contribution in [0, 0.1) is 0 Å². The summed E-state index contributed by atoms with van der Waals surface area (Å²) >= 11 is 0. The average Bonchev–Trinajstić information content (AvgIpc) is 3.41. The number of hydrogen-bond donors (Lipinski definition) is 0. The Labute approximate surface area is 142 Å². The zero-order chi connectivity index (χ0) is 16.6. The van der Waals surface area contributed by atoms with E-state index in [4.69, 9.17) is 9.26 Å². The van der Waals surface area contributed by atoms with Crippen LogP contribution >= 0.6 is 0 Å². The molecule has 5 rings (SSSR count). The summed E-state index contributed by atoms with van der Waals surface area (Å²) in [5.74, 6) is 0.748. The van der Waals surface area contributed by atoms with Gasteiger partial charge in [0.2, 0.25) is 5.82 Å². The lowest BCUT2D eigenvalue weighted by Crippen LogP contribution is -2.15. The van der Waals surface area contributed by atoms with Gasteiger partial charge in [0.15, 0.2) is 5.69 Å². The molecular weight excluding hydrogens is 322 g/mol. The van der Waals surface area contributed by atoms with Gasteiger partial charge in [-0.2, -0.15) is 4.98 Å². The van der Waals surface area contributed by atoms with Crippen molar-refractivity contribution in [2.75, 3.05) is 6.61 Å². The Morgan fingerprint density at radius 2 is 2.16 bits per heavy atom. The zero-order valence-electron chi connectivity index (χ0n) is 13.3. The van der Waals surface area contributed by atoms with Crippen LogP contribution in [0.5, 0.6) is 0 Å². The summed E-state index contributed by atoms with van der Waals surface area (Å²) in [6.07, 6.45) is 7.92. The summed E-state index contributed by atoms with van der Waals surface area (Å²) in [5, 5.41) is 12.2. The molecule has 1 aliphatic rings. The van der Waals surface area contributed by atoms with Crippen molar-refractivity contribution in [3.8, 4) is 23.1 Å². The maximum atomic E-state index is 5.61. The normalized spacial score (nSPS) is 17.5. The number of imidazole rings is 1. The first-order valence-corrected chi connectivity index (χ1v) is 8.15. The predicted octanol–water partition coefficient (Wildman–Crippen LogP) is 1.82. The minimum atomic E-state index is 0.200. The van der Waals surface area contributed by atoms with Crippen molar-refractivity contribution in [3.05, 3.63) is 36.8 Å². The van der Waals surface area contributed by atoms with Gasteiger partial charge in [0.25, 0.3) is 5.89 Å². The van der Waals surface area contributed by atoms with Crippen LogP contribution in [0.3, 0.4) is 0 Å². The molecule has 4 aromatic heterocycles. The van der Waals surface area contributed by atoms with Gasteiger partial charge < -0.3 is 13.7 Å². The highest BCUT2D eigenvalue weighted by Crippen LogP contribution is 2.21. The van der Waals surface area contributed by atoms with Gasteiger partial charge in [0.1, 0.15) is 11.3 Å². The highest BCUT2D eigenvalue weighted by Gasteiger charge is 2.19. The Kier molecular flexibility index (Phi) is 3.30. The quantitative estimate of drug-likeness (QED) is 0.560. The minimum Gasteiger partial charge on any atom is -0.376 e. The van der Waals surface area contributed by atoms with Gasteiger partial charge in [-0.15, -0.1) is 5.10 Å². The van der Waals surface area contributed by atoms with E-state index in [-0.39, 0.29) is 6.10 Å². The number of fused-ring (bicyclic) bond motifs is 1. The Morgan fingerprint density at radius 3 is 3.04 bits per heavy atom. The van der Waals surface area contributed by atoms with Crippen molar-refractivity contribution >= 4 is 5.65 Å². The van der Waals surface area contributed by atoms with Gasteiger partial charge >= 0.3 is 0 Å². The molecule has 1 atom stereocenters. The fourth-order valence-corrected chi connectivity index (χ4v) is 2.96. The third kappa shape index (κ3) is 2.68. The molecule has 0 spiro atoms. The number of nitrogens with zero attached hydrogens (tertiary/aromatic N) is 7. The molecule has 0 radical (unpaired) electrons. The van der Waals surface area contributed by atoms with Gasteiger partial charge in [0, 0.05) is 19.0 Å². The molecule has 0 amide bonds. The van der Waals surface area contributed by atoms with Crippen LogP contribution in [-0.4, -0.2) is 47.2 Å². The smallest absolute Gasteiger partial charge is 0.280 e. The van der Waals surface area contributed by atoms with E-state index in [2.05, 4.69) is 25.4 Å². The molecular formula is C16H15N7O2. The molecule has 9 heteroatoms. The minimum absolute atomic E-state index is 0.200. The van der Waals surface area contributed by atoms with Crippen molar-refractivity contribution < 1.29 is 9.26 Å². The van der Waals surface area contributed by atoms with Gasteiger partial charge in [-0.1, -0.05) is 16.4 Å². The number of hydrogen-bond acceptors (Lipinski definition) is 7. The SMILES string of the molecule is c1ccn2cc(-c3noc(-c4cn(CC5CCCO5)nn4)n3)nc2c1. The standard InChI is InChI=1S/C16H15N7O2/c1-2-6-22-9-12(17-14(22)5-1)15-18-16(25-20-15)13-10-23(21-19-13)8-11-4-3-7-24-11/h1-2,5-6,9-11H,3-4,7-8H2. The number of aromatic nitrogens is 7. The first-order chi connectivity index (χ1) is 12.3. The largest absolute Gasteiger partial charge is 0.376 e. The molecule has 1 unspecified atom stereocenters. The third-order valence-electron chi connectivity index (χ3n) is 4.19. The van der Waals surface area contributed by atoms with Crippen molar-refractivity contribution in [1.29, 1.82) is 0 Å². The van der Waals surface area contributed by atoms with E-state index in [1.165, 1.54) is 0 Å². The van der Waals surface area contributed by atoms with Crippen LogP contribution in [0.25, 0.3) is 28.8 Å². The van der Waals surface area contributed by atoms with Gasteiger partial charge in [-0.05, 0) is 25.0 Å². The molecule has 25 heavy (non-hydrogen) atoms. The van der Waals surface area contributed by atoms with E-state index in [0.29, 0.717) is 29.6 Å². The highest BCUT2D eigenvalue weighted by molar-refractivity contribution is 5.57. The van der Waals surface area contributed by atoms with E-state index in [1.54, 1.807) is 10.9 Å². The summed E-state index contributed by atoms with van der Waals surface area (Å²) in [7, 11) is 0. The molecule has 0 N–H and O–H groups in total. The fraction of sp³-hybridized carbons (Fsp3) is 0.312. The molecule has 9 nitrogen and oxygen atoms in total. The van der Waals surface area contributed by atoms with Crippen LogP contribution in [0.2, 0.25) is 0 Å². The Morgan fingerprint density at radius 1 is 1.16 bits per heavy atom. The molecule has 5 heterocycles. The van der Waals surface area contributed by atoms with Crippen LogP contribution in [0.1, 0.15) is 12.8 Å². The van der Waals surface area contributed by atoms with Gasteiger partial charge in [0.05, 0.1) is 18.8 Å². The Bertz CT molecular complexity index is 979. The molecule has 4 aromatic rings. The van der Waals surface area contributed by atoms with Crippen molar-refractivity contribution in [2.24, 2.45) is 0 Å². The maximum absolute atomic E-state index is 5.61. The lowest BCUT2D eigenvalue weighted by molar-refractivity contribution is 0.0935. The molecule has 0 aromatic carbocycles. The lowest BCUT2D eigenvalue weighted by atomic mass is 10.2. The van der Waals surface area contributed by atoms with E-state index in [1.807, 2.05) is 35.0 Å². The van der Waals surface area contributed by atoms with Crippen LogP contribution in [0.4, 0.5) is 0 Å². The summed E-state index contributed by atoms with van der Waals surface area (Å²) < 4.78 is 14.6. The second-order valence-corrected chi connectivity index (χ2v) is 5.98. The maximum Gasteiger partial charge on any atom is 0.280 e. The van der Waals surface area contributed by atoms with Gasteiger partial charge in [-0.25, -0.2) is 9.67 Å². The summed E-state index contributed by atoms with van der Waals surface area (Å²) in [4.78, 5) is 8.87. The summed E-state index contributed by atoms with van der Waals surface area (Å²) in [6.45, 7) is 1.50. The molecule has 0 bridgehead atoms. The number of ether oxygens (including phenoxy) is 1. The summed E-state index contributed by atoms with van der Waals surface area (Å²) in [6, 6.07) is 5.79.